The van der Waals surface area contributed by atoms with Gasteiger partial charge in [-0.1, -0.05) is 5.16 Å². The number of aryl methyl sites for hydroxylation is 2. The molecule has 0 atom stereocenters. The molecule has 1 amide bonds. The van der Waals surface area contributed by atoms with Gasteiger partial charge in [-0.2, -0.15) is 0 Å². The van der Waals surface area contributed by atoms with Crippen LogP contribution in [0, 0.1) is 13.8 Å². The Bertz CT molecular complexity index is 571. The molecule has 0 saturated carbocycles. The van der Waals surface area contributed by atoms with Crippen molar-refractivity contribution in [3.63, 3.8) is 0 Å². The van der Waals surface area contributed by atoms with Crippen LogP contribution in [0.25, 0.3) is 0 Å². The zero-order chi connectivity index (χ0) is 14.5. The number of ether oxygens (including phenoxy) is 1. The van der Waals surface area contributed by atoms with Gasteiger partial charge in [0.2, 0.25) is 0 Å². The molecule has 1 aromatic carbocycles. The number of nitrogens with two attached hydrogens (primary N) is 1. The summed E-state index contributed by atoms with van der Waals surface area (Å²) >= 11 is 0. The minimum absolute atomic E-state index is 0.119. The van der Waals surface area contributed by atoms with Gasteiger partial charge in [-0.3, -0.25) is 4.79 Å². The van der Waals surface area contributed by atoms with Gasteiger partial charge in [-0.25, -0.2) is 0 Å². The first kappa shape index (κ1) is 13.9. The van der Waals surface area contributed by atoms with Crippen molar-refractivity contribution in [2.45, 2.75) is 20.4 Å². The van der Waals surface area contributed by atoms with Crippen molar-refractivity contribution < 1.29 is 14.1 Å². The molecule has 0 unspecified atom stereocenters. The highest BCUT2D eigenvalue weighted by atomic mass is 16.5. The number of rotatable bonds is 6. The summed E-state index contributed by atoms with van der Waals surface area (Å²) in [5.74, 6) is 0.925. The van der Waals surface area contributed by atoms with E-state index in [4.69, 9.17) is 15.0 Å². The zero-order valence-electron chi connectivity index (χ0n) is 11.5. The SMILES string of the molecule is Cc1noc(C)c1CNc1ccc(OCC(N)=O)cc1. The minimum Gasteiger partial charge on any atom is -0.484 e. The van der Waals surface area contributed by atoms with Gasteiger partial charge in [-0.05, 0) is 38.1 Å². The second-order valence-corrected chi connectivity index (χ2v) is 4.44. The van der Waals surface area contributed by atoms with Crippen molar-refractivity contribution in [1.29, 1.82) is 0 Å². The number of hydrogen-bond donors (Lipinski definition) is 2. The second-order valence-electron chi connectivity index (χ2n) is 4.44. The first-order chi connectivity index (χ1) is 9.56. The Balaban J connectivity index is 1.92. The highest BCUT2D eigenvalue weighted by molar-refractivity contribution is 5.75. The Morgan fingerprint density at radius 2 is 2.05 bits per heavy atom. The number of amides is 1. The molecule has 0 aliphatic carbocycles. The molecule has 2 rings (SSSR count). The van der Waals surface area contributed by atoms with E-state index in [0.29, 0.717) is 12.3 Å². The highest BCUT2D eigenvalue weighted by Gasteiger charge is 2.08. The lowest BCUT2D eigenvalue weighted by Gasteiger charge is -2.08. The van der Waals surface area contributed by atoms with Crippen LogP contribution in [0.15, 0.2) is 28.8 Å². The van der Waals surface area contributed by atoms with Gasteiger partial charge in [0.15, 0.2) is 6.61 Å². The Labute approximate surface area is 116 Å². The van der Waals surface area contributed by atoms with Crippen LogP contribution < -0.4 is 15.8 Å². The molecule has 106 valence electrons. The van der Waals surface area contributed by atoms with E-state index in [0.717, 1.165) is 22.7 Å². The molecule has 6 nitrogen and oxygen atoms in total. The maximum absolute atomic E-state index is 10.6. The monoisotopic (exact) mass is 275 g/mol. The molecular formula is C14H17N3O3. The van der Waals surface area contributed by atoms with Crippen molar-refractivity contribution in [3.05, 3.63) is 41.3 Å². The lowest BCUT2D eigenvalue weighted by Crippen LogP contribution is -2.19. The average molecular weight is 275 g/mol. The van der Waals surface area contributed by atoms with Crippen LogP contribution in [-0.2, 0) is 11.3 Å². The number of primary amides is 1. The van der Waals surface area contributed by atoms with Gasteiger partial charge in [0.25, 0.3) is 5.91 Å². The third-order valence-electron chi connectivity index (χ3n) is 2.89. The molecular weight excluding hydrogens is 258 g/mol. The van der Waals surface area contributed by atoms with Crippen LogP contribution in [0.2, 0.25) is 0 Å². The third-order valence-corrected chi connectivity index (χ3v) is 2.89. The molecule has 1 heterocycles. The second kappa shape index (κ2) is 6.10. The maximum Gasteiger partial charge on any atom is 0.255 e. The number of carbonyl (C=O) groups is 1. The first-order valence-electron chi connectivity index (χ1n) is 6.23. The summed E-state index contributed by atoms with van der Waals surface area (Å²) in [5, 5.41) is 7.18. The predicted octanol–water partition coefficient (Wildman–Crippen LogP) is 1.77. The van der Waals surface area contributed by atoms with Gasteiger partial charge < -0.3 is 20.3 Å². The fourth-order valence-corrected chi connectivity index (χ4v) is 1.77. The molecule has 3 N–H and O–H groups in total. The zero-order valence-corrected chi connectivity index (χ0v) is 11.5. The first-order valence-corrected chi connectivity index (χ1v) is 6.23. The largest absolute Gasteiger partial charge is 0.484 e. The van der Waals surface area contributed by atoms with E-state index in [1.807, 2.05) is 26.0 Å². The lowest BCUT2D eigenvalue weighted by atomic mass is 10.2. The number of nitrogens with zero attached hydrogens (tertiary/aromatic N) is 1. The smallest absolute Gasteiger partial charge is 0.255 e. The van der Waals surface area contributed by atoms with Crippen LogP contribution in [0.4, 0.5) is 5.69 Å². The molecule has 0 bridgehead atoms. The molecule has 2 aromatic rings. The number of benzene rings is 1. The molecule has 6 heteroatoms. The van der Waals surface area contributed by atoms with Crippen molar-refractivity contribution in [3.8, 4) is 5.75 Å². The standard InChI is InChI=1S/C14H17N3O3/c1-9-13(10(2)20-17-9)7-16-11-3-5-12(6-4-11)19-8-14(15)18/h3-6,16H,7-8H2,1-2H3,(H2,15,18). The summed E-state index contributed by atoms with van der Waals surface area (Å²) in [5.41, 5.74) is 7.89. The van der Waals surface area contributed by atoms with Crippen LogP contribution >= 0.6 is 0 Å². The topological polar surface area (TPSA) is 90.4 Å². The highest BCUT2D eigenvalue weighted by Crippen LogP contribution is 2.18. The number of carbonyl (C=O) groups excluding carboxylic acids is 1. The molecule has 0 saturated heterocycles. The van der Waals surface area contributed by atoms with Crippen molar-refractivity contribution in [2.75, 3.05) is 11.9 Å². The normalized spacial score (nSPS) is 10.3. The summed E-state index contributed by atoms with van der Waals surface area (Å²) in [6, 6.07) is 7.29. The molecule has 0 aliphatic heterocycles. The van der Waals surface area contributed by atoms with E-state index < -0.39 is 5.91 Å². The van der Waals surface area contributed by atoms with E-state index >= 15 is 0 Å². The Hall–Kier alpha value is -2.50. The lowest BCUT2D eigenvalue weighted by molar-refractivity contribution is -0.119. The summed E-state index contributed by atoms with van der Waals surface area (Å²) in [7, 11) is 0. The van der Waals surface area contributed by atoms with E-state index in [1.54, 1.807) is 12.1 Å². The Morgan fingerprint density at radius 3 is 2.60 bits per heavy atom. The molecule has 0 fully saturated rings. The quantitative estimate of drug-likeness (QED) is 0.838. The maximum atomic E-state index is 10.6. The van der Waals surface area contributed by atoms with Gasteiger partial charge in [-0.15, -0.1) is 0 Å². The van der Waals surface area contributed by atoms with E-state index in [2.05, 4.69) is 10.5 Å². The Morgan fingerprint density at radius 1 is 1.35 bits per heavy atom. The number of hydrogen-bond acceptors (Lipinski definition) is 5. The van der Waals surface area contributed by atoms with Crippen LogP contribution in [0.3, 0.4) is 0 Å². The number of aromatic nitrogens is 1. The van der Waals surface area contributed by atoms with Gasteiger partial charge in [0.05, 0.1) is 5.69 Å². The van der Waals surface area contributed by atoms with Crippen molar-refractivity contribution in [2.24, 2.45) is 5.73 Å². The van der Waals surface area contributed by atoms with E-state index in [-0.39, 0.29) is 6.61 Å². The number of nitrogens with one attached hydrogen (secondary N) is 1. The summed E-state index contributed by atoms with van der Waals surface area (Å²) in [4.78, 5) is 10.6. The fraction of sp³-hybridized carbons (Fsp3) is 0.286. The van der Waals surface area contributed by atoms with Gasteiger partial charge in [0.1, 0.15) is 11.5 Å². The molecule has 0 radical (unpaired) electrons. The number of anilines is 1. The molecule has 0 aliphatic rings. The van der Waals surface area contributed by atoms with Crippen LogP contribution in [0.5, 0.6) is 5.75 Å². The van der Waals surface area contributed by atoms with Gasteiger partial charge >= 0.3 is 0 Å². The summed E-state index contributed by atoms with van der Waals surface area (Å²) in [6.45, 7) is 4.32. The molecule has 20 heavy (non-hydrogen) atoms. The predicted molar refractivity (Wildman–Crippen MR) is 74.4 cm³/mol. The van der Waals surface area contributed by atoms with Gasteiger partial charge in [0, 0.05) is 17.8 Å². The average Bonchev–Trinajstić information content (AvgIpc) is 2.75. The fourth-order valence-electron chi connectivity index (χ4n) is 1.77. The Kier molecular flexibility index (Phi) is 4.24. The summed E-state index contributed by atoms with van der Waals surface area (Å²) < 4.78 is 10.3. The van der Waals surface area contributed by atoms with E-state index in [1.165, 1.54) is 0 Å². The van der Waals surface area contributed by atoms with Crippen molar-refractivity contribution >= 4 is 11.6 Å². The van der Waals surface area contributed by atoms with Crippen LogP contribution in [0.1, 0.15) is 17.0 Å². The summed E-state index contributed by atoms with van der Waals surface area (Å²) in [6.07, 6.45) is 0. The van der Waals surface area contributed by atoms with Crippen molar-refractivity contribution in [1.82, 2.24) is 5.16 Å². The van der Waals surface area contributed by atoms with Crippen LogP contribution in [-0.4, -0.2) is 17.7 Å². The molecule has 0 spiro atoms. The third kappa shape index (κ3) is 3.50. The van der Waals surface area contributed by atoms with E-state index in [9.17, 15) is 4.79 Å². The molecule has 1 aromatic heterocycles. The minimum atomic E-state index is -0.495.